The van der Waals surface area contributed by atoms with E-state index in [1.165, 1.54) is 55.2 Å². The number of hydrogen-bond acceptors (Lipinski definition) is 2. The summed E-state index contributed by atoms with van der Waals surface area (Å²) in [6.07, 6.45) is 11.9. The summed E-state index contributed by atoms with van der Waals surface area (Å²) >= 11 is 0. The van der Waals surface area contributed by atoms with Crippen molar-refractivity contribution in [2.45, 2.75) is 58.8 Å². The zero-order valence-electron chi connectivity index (χ0n) is 30.4. The molecule has 252 valence electrons. The molecule has 4 aromatic carbocycles. The van der Waals surface area contributed by atoms with Crippen molar-refractivity contribution in [1.29, 1.82) is 0 Å². The summed E-state index contributed by atoms with van der Waals surface area (Å²) < 4.78 is 4.35. The van der Waals surface area contributed by atoms with Crippen LogP contribution >= 0.6 is 0 Å². The first-order valence-electron chi connectivity index (χ1n) is 18.2. The summed E-state index contributed by atoms with van der Waals surface area (Å²) in [4.78, 5) is 5.20. The van der Waals surface area contributed by atoms with Gasteiger partial charge in [0.2, 0.25) is 0 Å². The van der Waals surface area contributed by atoms with Gasteiger partial charge in [-0.3, -0.25) is 4.98 Å². The standard InChI is InChI=1S/C47H44N4/c1-45(2,3)31-19-22-40-38(27-31)39-28-32(46(4,5)6)20-23-41(39)47(40,44-17-9-10-24-48-44)33-18-21-37-36-15-7-8-16-42(36)51(43(37)29-33)35-14-11-13-34(30-35)50-26-12-25-49-50/h7-19,21-30,32H,20H2,1-6H3/t32?,47-/m0/s1. The highest BCUT2D eigenvalue weighted by atomic mass is 15.3. The zero-order chi connectivity index (χ0) is 35.1. The Kier molecular flexibility index (Phi) is 6.96. The molecule has 0 amide bonds. The first-order valence-corrected chi connectivity index (χ1v) is 18.2. The summed E-state index contributed by atoms with van der Waals surface area (Å²) in [5.74, 6) is 0.439. The van der Waals surface area contributed by atoms with Gasteiger partial charge < -0.3 is 4.57 Å². The highest BCUT2D eigenvalue weighted by Gasteiger charge is 2.51. The lowest BCUT2D eigenvalue weighted by Gasteiger charge is -2.36. The average molecular weight is 665 g/mol. The van der Waals surface area contributed by atoms with Crippen LogP contribution in [0.5, 0.6) is 0 Å². The van der Waals surface area contributed by atoms with E-state index in [1.54, 1.807) is 0 Å². The van der Waals surface area contributed by atoms with Gasteiger partial charge in [-0.1, -0.05) is 114 Å². The molecular weight excluding hydrogens is 621 g/mol. The zero-order valence-corrected chi connectivity index (χ0v) is 30.4. The molecule has 0 saturated heterocycles. The fraction of sp³-hybridized carbons (Fsp3) is 0.234. The Bertz CT molecular complexity index is 2520. The molecule has 0 bridgehead atoms. The Morgan fingerprint density at radius 3 is 2.27 bits per heavy atom. The van der Waals surface area contributed by atoms with E-state index in [0.717, 1.165) is 23.5 Å². The highest BCUT2D eigenvalue weighted by molar-refractivity contribution is 6.10. The molecule has 0 N–H and O–H groups in total. The molecule has 51 heavy (non-hydrogen) atoms. The van der Waals surface area contributed by atoms with Crippen LogP contribution in [0.15, 0.2) is 146 Å². The summed E-state index contributed by atoms with van der Waals surface area (Å²) in [7, 11) is 0. The fourth-order valence-electron chi connectivity index (χ4n) is 8.61. The number of nitrogens with zero attached hydrogens (tertiary/aromatic N) is 4. The number of hydrogen-bond donors (Lipinski definition) is 0. The van der Waals surface area contributed by atoms with E-state index >= 15 is 0 Å². The summed E-state index contributed by atoms with van der Waals surface area (Å²) in [5, 5.41) is 7.01. The van der Waals surface area contributed by atoms with Crippen LogP contribution < -0.4 is 0 Å². The van der Waals surface area contributed by atoms with E-state index in [1.807, 2.05) is 35.4 Å². The maximum Gasteiger partial charge on any atom is 0.0883 e. The van der Waals surface area contributed by atoms with Crippen molar-refractivity contribution in [2.75, 3.05) is 0 Å². The topological polar surface area (TPSA) is 35.6 Å². The fourth-order valence-corrected chi connectivity index (χ4v) is 8.61. The van der Waals surface area contributed by atoms with Crippen LogP contribution in [-0.4, -0.2) is 19.3 Å². The molecule has 1 unspecified atom stereocenters. The van der Waals surface area contributed by atoms with Crippen LogP contribution in [0, 0.1) is 11.3 Å². The van der Waals surface area contributed by atoms with Gasteiger partial charge >= 0.3 is 0 Å². The molecule has 0 spiro atoms. The van der Waals surface area contributed by atoms with Crippen LogP contribution in [0.2, 0.25) is 0 Å². The predicted molar refractivity (Wildman–Crippen MR) is 211 cm³/mol. The molecule has 2 aliphatic carbocycles. The van der Waals surface area contributed by atoms with Gasteiger partial charge in [-0.25, -0.2) is 4.68 Å². The van der Waals surface area contributed by atoms with Crippen molar-refractivity contribution >= 4 is 27.4 Å². The van der Waals surface area contributed by atoms with Crippen molar-refractivity contribution in [3.05, 3.63) is 173 Å². The van der Waals surface area contributed by atoms with Crippen LogP contribution in [-0.2, 0) is 10.8 Å². The van der Waals surface area contributed by atoms with Gasteiger partial charge in [0.1, 0.15) is 0 Å². The molecule has 3 aromatic heterocycles. The van der Waals surface area contributed by atoms with Gasteiger partial charge in [-0.15, -0.1) is 0 Å². The number of para-hydroxylation sites is 1. The maximum absolute atomic E-state index is 5.20. The monoisotopic (exact) mass is 664 g/mol. The Labute approximate surface area is 300 Å². The second kappa shape index (κ2) is 11.3. The molecule has 0 aliphatic heterocycles. The highest BCUT2D eigenvalue weighted by Crippen LogP contribution is 2.60. The Morgan fingerprint density at radius 1 is 0.706 bits per heavy atom. The molecule has 3 heterocycles. The average Bonchev–Trinajstić information content (AvgIpc) is 3.85. The molecule has 2 atom stereocenters. The van der Waals surface area contributed by atoms with Crippen molar-refractivity contribution in [1.82, 2.24) is 19.3 Å². The van der Waals surface area contributed by atoms with Crippen molar-refractivity contribution in [2.24, 2.45) is 11.3 Å². The van der Waals surface area contributed by atoms with E-state index in [9.17, 15) is 0 Å². The number of rotatable bonds is 4. The summed E-state index contributed by atoms with van der Waals surface area (Å²) in [6.45, 7) is 14.1. The van der Waals surface area contributed by atoms with Crippen molar-refractivity contribution in [3.8, 4) is 11.4 Å². The lowest BCUT2D eigenvalue weighted by molar-refractivity contribution is 0.293. The molecular formula is C47H44N4. The minimum atomic E-state index is -0.575. The summed E-state index contributed by atoms with van der Waals surface area (Å²) in [6, 6.07) is 40.2. The summed E-state index contributed by atoms with van der Waals surface area (Å²) in [5.41, 5.74) is 13.1. The van der Waals surface area contributed by atoms with E-state index < -0.39 is 5.41 Å². The molecule has 4 nitrogen and oxygen atoms in total. The minimum Gasteiger partial charge on any atom is -0.309 e. The van der Waals surface area contributed by atoms with Crippen LogP contribution in [0.25, 0.3) is 38.8 Å². The van der Waals surface area contributed by atoms with E-state index in [0.29, 0.717) is 5.92 Å². The van der Waals surface area contributed by atoms with Crippen molar-refractivity contribution in [3.63, 3.8) is 0 Å². The lowest BCUT2D eigenvalue weighted by Crippen LogP contribution is -2.31. The third kappa shape index (κ3) is 4.80. The number of pyridine rings is 1. The molecule has 0 radical (unpaired) electrons. The number of benzene rings is 4. The number of aromatic nitrogens is 4. The largest absolute Gasteiger partial charge is 0.309 e. The second-order valence-electron chi connectivity index (χ2n) is 16.4. The second-order valence-corrected chi connectivity index (χ2v) is 16.4. The maximum atomic E-state index is 5.20. The van der Waals surface area contributed by atoms with Gasteiger partial charge in [0.15, 0.2) is 0 Å². The Morgan fingerprint density at radius 2 is 1.51 bits per heavy atom. The predicted octanol–water partition coefficient (Wildman–Crippen LogP) is 11.4. The van der Waals surface area contributed by atoms with Gasteiger partial charge in [-0.2, -0.15) is 5.10 Å². The molecule has 2 aliphatic rings. The van der Waals surface area contributed by atoms with E-state index in [2.05, 4.69) is 160 Å². The van der Waals surface area contributed by atoms with Gasteiger partial charge in [0.05, 0.1) is 27.8 Å². The molecule has 0 fully saturated rings. The van der Waals surface area contributed by atoms with E-state index in [4.69, 9.17) is 4.98 Å². The minimum absolute atomic E-state index is 0.0262. The third-order valence-electron chi connectivity index (χ3n) is 11.3. The SMILES string of the molecule is CC(C)(C)c1ccc2c(c1)C1=CC(C(C)(C)C)CC=C1[C@@]2(c1ccc2c3ccccc3n(-c3cccc(-n4cccn4)c3)c2c1)c1ccccn1. The molecule has 4 heteroatoms. The smallest absolute Gasteiger partial charge is 0.0883 e. The normalized spacial score (nSPS) is 18.8. The van der Waals surface area contributed by atoms with Crippen LogP contribution in [0.3, 0.4) is 0 Å². The lowest BCUT2D eigenvalue weighted by atomic mass is 9.66. The quantitative estimate of drug-likeness (QED) is 0.188. The third-order valence-corrected chi connectivity index (χ3v) is 11.3. The molecule has 9 rings (SSSR count). The molecule has 7 aromatic rings. The Hall–Kier alpha value is -5.48. The van der Waals surface area contributed by atoms with Gasteiger partial charge in [0, 0.05) is 35.1 Å². The van der Waals surface area contributed by atoms with Crippen LogP contribution in [0.4, 0.5) is 0 Å². The number of fused-ring (bicyclic) bond motifs is 6. The first kappa shape index (κ1) is 31.5. The Balaban J connectivity index is 1.36. The number of allylic oxidation sites excluding steroid dienone is 4. The molecule has 0 saturated carbocycles. The van der Waals surface area contributed by atoms with Crippen LogP contribution in [0.1, 0.15) is 75.9 Å². The van der Waals surface area contributed by atoms with E-state index in [-0.39, 0.29) is 10.8 Å². The van der Waals surface area contributed by atoms with Crippen molar-refractivity contribution < 1.29 is 0 Å². The van der Waals surface area contributed by atoms with Gasteiger partial charge in [-0.05, 0) is 105 Å². The van der Waals surface area contributed by atoms with Gasteiger partial charge in [0.25, 0.3) is 0 Å². The first-order chi connectivity index (χ1) is 24.5.